The van der Waals surface area contributed by atoms with Crippen LogP contribution in [0.4, 0.5) is 26.2 Å². The number of amides is 5. The molecule has 3 aromatic rings. The maximum Gasteiger partial charge on any atom is 0.335 e. The predicted molar refractivity (Wildman–Crippen MR) is 137 cm³/mol. The van der Waals surface area contributed by atoms with E-state index in [1.54, 1.807) is 6.07 Å². The average Bonchev–Trinajstić information content (AvgIpc) is 2.87. The minimum Gasteiger partial charge on any atom is -0.483 e. The van der Waals surface area contributed by atoms with Gasteiger partial charge >= 0.3 is 6.03 Å². The Kier molecular flexibility index (Phi) is 7.58. The summed E-state index contributed by atoms with van der Waals surface area (Å²) in [5.41, 5.74) is -0.334. The van der Waals surface area contributed by atoms with E-state index in [2.05, 4.69) is 21.2 Å². The van der Waals surface area contributed by atoms with Gasteiger partial charge in [-0.3, -0.25) is 29.8 Å². The second-order valence-corrected chi connectivity index (χ2v) is 8.68. The molecular weight excluding hydrogens is 567 g/mol. The van der Waals surface area contributed by atoms with Crippen LogP contribution >= 0.6 is 15.9 Å². The van der Waals surface area contributed by atoms with E-state index in [9.17, 15) is 33.7 Å². The fraction of sp³-hybridized carbons (Fsp3) is 0.0400. The number of barbiturate groups is 1. The Morgan fingerprint density at radius 2 is 1.84 bits per heavy atom. The summed E-state index contributed by atoms with van der Waals surface area (Å²) in [6.45, 7) is -0.451. The molecule has 1 aliphatic heterocycles. The van der Waals surface area contributed by atoms with Gasteiger partial charge in [-0.15, -0.1) is 0 Å². The van der Waals surface area contributed by atoms with Crippen LogP contribution in [-0.2, 0) is 14.4 Å². The van der Waals surface area contributed by atoms with Crippen molar-refractivity contribution in [2.24, 2.45) is 0 Å². The number of carbonyl (C=O) groups excluding carboxylic acids is 4. The van der Waals surface area contributed by atoms with Crippen molar-refractivity contribution in [1.29, 1.82) is 0 Å². The van der Waals surface area contributed by atoms with Crippen LogP contribution in [-0.4, -0.2) is 35.3 Å². The number of imide groups is 2. The van der Waals surface area contributed by atoms with Crippen molar-refractivity contribution in [2.75, 3.05) is 16.8 Å². The van der Waals surface area contributed by atoms with Crippen LogP contribution in [0.25, 0.3) is 6.08 Å². The number of benzene rings is 3. The first-order valence-corrected chi connectivity index (χ1v) is 11.6. The quantitative estimate of drug-likeness (QED) is 0.184. The number of ether oxygens (including phenoxy) is 1. The molecule has 0 atom stereocenters. The summed E-state index contributed by atoms with van der Waals surface area (Å²) in [7, 11) is 0. The number of nitrogens with zero attached hydrogens (tertiary/aromatic N) is 2. The van der Waals surface area contributed by atoms with E-state index in [0.29, 0.717) is 15.1 Å². The standard InChI is InChI=1S/C25H16BrFN4O7/c26-15-4-9-21(38-13-22(32)28-17-7-5-16(27)6-8-17)14(10-15)11-20-23(33)29-25(35)30(24(20)34)18-2-1-3-19(12-18)31(36)37/h1-12H,13H2,(H,28,32)(H,29,33,35)/b20-11-. The number of nitro benzene ring substituents is 1. The molecule has 0 bridgehead atoms. The van der Waals surface area contributed by atoms with Crippen molar-refractivity contribution < 1.29 is 33.2 Å². The summed E-state index contributed by atoms with van der Waals surface area (Å²) in [4.78, 5) is 61.5. The smallest absolute Gasteiger partial charge is 0.335 e. The van der Waals surface area contributed by atoms with E-state index in [0.717, 1.165) is 6.07 Å². The number of non-ortho nitro benzene ring substituents is 1. The normalized spacial score (nSPS) is 14.3. The zero-order valence-electron chi connectivity index (χ0n) is 19.1. The fourth-order valence-electron chi connectivity index (χ4n) is 3.43. The summed E-state index contributed by atoms with van der Waals surface area (Å²) < 4.78 is 19.2. The third-order valence-corrected chi connectivity index (χ3v) is 5.65. The van der Waals surface area contributed by atoms with E-state index >= 15 is 0 Å². The van der Waals surface area contributed by atoms with Crippen molar-refractivity contribution in [3.05, 3.63) is 98.3 Å². The Morgan fingerprint density at radius 1 is 1.11 bits per heavy atom. The molecule has 13 heteroatoms. The molecule has 38 heavy (non-hydrogen) atoms. The summed E-state index contributed by atoms with van der Waals surface area (Å²) >= 11 is 3.29. The second-order valence-electron chi connectivity index (χ2n) is 7.76. The first-order valence-electron chi connectivity index (χ1n) is 10.8. The number of halogens is 2. The fourth-order valence-corrected chi connectivity index (χ4v) is 3.81. The zero-order valence-corrected chi connectivity index (χ0v) is 20.7. The average molecular weight is 583 g/mol. The highest BCUT2D eigenvalue weighted by Crippen LogP contribution is 2.29. The summed E-state index contributed by atoms with van der Waals surface area (Å²) in [5, 5.41) is 15.7. The number of nitro groups is 1. The summed E-state index contributed by atoms with van der Waals surface area (Å²) in [5.74, 6) is -2.87. The van der Waals surface area contributed by atoms with Crippen LogP contribution < -0.4 is 20.3 Å². The first kappa shape index (κ1) is 26.2. The largest absolute Gasteiger partial charge is 0.483 e. The van der Waals surface area contributed by atoms with Gasteiger partial charge in [-0.05, 0) is 54.6 Å². The first-order chi connectivity index (χ1) is 18.1. The van der Waals surface area contributed by atoms with Crippen LogP contribution in [0.2, 0.25) is 0 Å². The molecule has 3 aromatic carbocycles. The van der Waals surface area contributed by atoms with Crippen molar-refractivity contribution in [3.8, 4) is 5.75 Å². The lowest BCUT2D eigenvalue weighted by atomic mass is 10.1. The summed E-state index contributed by atoms with van der Waals surface area (Å²) in [6, 6.07) is 13.5. The van der Waals surface area contributed by atoms with Crippen LogP contribution in [0.3, 0.4) is 0 Å². The van der Waals surface area contributed by atoms with Crippen LogP contribution in [0, 0.1) is 15.9 Å². The minimum absolute atomic E-state index is 0.108. The van der Waals surface area contributed by atoms with Gasteiger partial charge in [0.2, 0.25) is 0 Å². The molecule has 1 fully saturated rings. The molecule has 0 saturated carbocycles. The van der Waals surface area contributed by atoms with E-state index < -0.39 is 46.7 Å². The lowest BCUT2D eigenvalue weighted by Crippen LogP contribution is -2.54. The van der Waals surface area contributed by atoms with Gasteiger partial charge in [0.1, 0.15) is 17.1 Å². The second kappa shape index (κ2) is 11.0. The molecule has 1 heterocycles. The topological polar surface area (TPSA) is 148 Å². The Balaban J connectivity index is 1.59. The van der Waals surface area contributed by atoms with Gasteiger partial charge < -0.3 is 10.1 Å². The number of carbonyl (C=O) groups is 4. The van der Waals surface area contributed by atoms with E-state index in [1.165, 1.54) is 60.7 Å². The molecule has 1 aliphatic rings. The van der Waals surface area contributed by atoms with Crippen LogP contribution in [0.1, 0.15) is 5.56 Å². The van der Waals surface area contributed by atoms with Gasteiger partial charge in [0.05, 0.1) is 10.6 Å². The Morgan fingerprint density at radius 3 is 2.55 bits per heavy atom. The molecule has 2 N–H and O–H groups in total. The number of urea groups is 1. The third-order valence-electron chi connectivity index (χ3n) is 5.16. The summed E-state index contributed by atoms with van der Waals surface area (Å²) in [6.07, 6.45) is 1.17. The molecule has 11 nitrogen and oxygen atoms in total. The number of hydrogen-bond donors (Lipinski definition) is 2. The van der Waals surface area contributed by atoms with E-state index in [-0.39, 0.29) is 22.7 Å². The van der Waals surface area contributed by atoms with E-state index in [4.69, 9.17) is 4.74 Å². The Hall–Kier alpha value is -4.91. The van der Waals surface area contributed by atoms with Crippen molar-refractivity contribution in [2.45, 2.75) is 0 Å². The van der Waals surface area contributed by atoms with Gasteiger partial charge in [-0.1, -0.05) is 22.0 Å². The number of hydrogen-bond acceptors (Lipinski definition) is 7. The van der Waals surface area contributed by atoms with Gasteiger partial charge in [-0.2, -0.15) is 0 Å². The monoisotopic (exact) mass is 582 g/mol. The number of rotatable bonds is 7. The molecular formula is C25H16BrFN4O7. The molecule has 1 saturated heterocycles. The van der Waals surface area contributed by atoms with Crippen LogP contribution in [0.5, 0.6) is 5.75 Å². The molecule has 0 aliphatic carbocycles. The van der Waals surface area contributed by atoms with E-state index in [1.807, 2.05) is 5.32 Å². The lowest BCUT2D eigenvalue weighted by Gasteiger charge is -2.26. The van der Waals surface area contributed by atoms with Gasteiger partial charge in [0, 0.05) is 27.9 Å². The maximum atomic E-state index is 13.2. The molecule has 5 amide bonds. The van der Waals surface area contributed by atoms with Crippen molar-refractivity contribution in [3.63, 3.8) is 0 Å². The highest BCUT2D eigenvalue weighted by molar-refractivity contribution is 9.10. The third kappa shape index (κ3) is 5.90. The van der Waals surface area contributed by atoms with Crippen molar-refractivity contribution >= 4 is 62.8 Å². The Labute approximate surface area is 222 Å². The highest BCUT2D eigenvalue weighted by Gasteiger charge is 2.37. The molecule has 192 valence electrons. The van der Waals surface area contributed by atoms with Gasteiger partial charge in [0.15, 0.2) is 6.61 Å². The van der Waals surface area contributed by atoms with Gasteiger partial charge in [0.25, 0.3) is 23.4 Å². The molecule has 0 unspecified atom stereocenters. The lowest BCUT2D eigenvalue weighted by molar-refractivity contribution is -0.384. The number of anilines is 2. The highest BCUT2D eigenvalue weighted by atomic mass is 79.9. The SMILES string of the molecule is O=C(COc1ccc(Br)cc1/C=C1/C(=O)NC(=O)N(c2cccc([N+](=O)[O-])c2)C1=O)Nc1ccc(F)cc1. The number of nitrogens with one attached hydrogen (secondary N) is 2. The van der Waals surface area contributed by atoms with Gasteiger partial charge in [-0.25, -0.2) is 14.1 Å². The van der Waals surface area contributed by atoms with Crippen LogP contribution in [0.15, 0.2) is 76.8 Å². The Bertz CT molecular complexity index is 1510. The predicted octanol–water partition coefficient (Wildman–Crippen LogP) is 4.18. The molecule has 0 aromatic heterocycles. The van der Waals surface area contributed by atoms with Crippen molar-refractivity contribution in [1.82, 2.24) is 5.32 Å². The molecule has 0 radical (unpaired) electrons. The minimum atomic E-state index is -1.07. The molecule has 0 spiro atoms. The molecule has 4 rings (SSSR count). The maximum absolute atomic E-state index is 13.2. The zero-order chi connectivity index (χ0) is 27.4.